The minimum atomic E-state index is 0.392. The average Bonchev–Trinajstić information content (AvgIpc) is 2.85. The van der Waals surface area contributed by atoms with Crippen LogP contribution in [0.25, 0.3) is 0 Å². The summed E-state index contributed by atoms with van der Waals surface area (Å²) in [6.45, 7) is 3.12. The lowest BCUT2D eigenvalue weighted by molar-refractivity contribution is 0.252. The SMILES string of the molecule is CNCc1ccc(COc2ccc(C)cc2OC)o1. The van der Waals surface area contributed by atoms with Crippen molar-refractivity contribution in [2.75, 3.05) is 14.2 Å². The molecule has 0 aliphatic carbocycles. The number of nitrogens with one attached hydrogen (secondary N) is 1. The molecule has 102 valence electrons. The average molecular weight is 261 g/mol. The number of benzene rings is 1. The van der Waals surface area contributed by atoms with Crippen LogP contribution < -0.4 is 14.8 Å². The van der Waals surface area contributed by atoms with E-state index in [1.807, 2.05) is 44.3 Å². The molecule has 0 radical (unpaired) electrons. The molecule has 1 heterocycles. The predicted octanol–water partition coefficient (Wildman–Crippen LogP) is 2.90. The quantitative estimate of drug-likeness (QED) is 0.868. The lowest BCUT2D eigenvalue weighted by Gasteiger charge is -2.10. The largest absolute Gasteiger partial charge is 0.493 e. The molecule has 1 aromatic heterocycles. The molecule has 0 saturated carbocycles. The second-order valence-corrected chi connectivity index (χ2v) is 4.34. The van der Waals surface area contributed by atoms with E-state index in [4.69, 9.17) is 13.9 Å². The van der Waals surface area contributed by atoms with Crippen LogP contribution in [0, 0.1) is 6.92 Å². The molecule has 1 N–H and O–H groups in total. The lowest BCUT2D eigenvalue weighted by atomic mass is 10.2. The van der Waals surface area contributed by atoms with Gasteiger partial charge in [-0.25, -0.2) is 0 Å². The van der Waals surface area contributed by atoms with Gasteiger partial charge in [0, 0.05) is 0 Å². The molecule has 4 heteroatoms. The first kappa shape index (κ1) is 13.5. The van der Waals surface area contributed by atoms with Gasteiger partial charge in [-0.15, -0.1) is 0 Å². The minimum Gasteiger partial charge on any atom is -0.493 e. The predicted molar refractivity (Wildman–Crippen MR) is 73.5 cm³/mol. The van der Waals surface area contributed by atoms with Crippen molar-refractivity contribution >= 4 is 0 Å². The number of aryl methyl sites for hydroxylation is 1. The van der Waals surface area contributed by atoms with Crippen molar-refractivity contribution in [3.63, 3.8) is 0 Å². The Morgan fingerprint density at radius 1 is 1.11 bits per heavy atom. The second-order valence-electron chi connectivity index (χ2n) is 4.34. The Morgan fingerprint density at radius 3 is 2.63 bits per heavy atom. The van der Waals surface area contributed by atoms with E-state index in [2.05, 4.69) is 5.32 Å². The summed E-state index contributed by atoms with van der Waals surface area (Å²) in [5, 5.41) is 3.04. The van der Waals surface area contributed by atoms with E-state index in [-0.39, 0.29) is 0 Å². The van der Waals surface area contributed by atoms with Gasteiger partial charge >= 0.3 is 0 Å². The molecule has 0 amide bonds. The van der Waals surface area contributed by atoms with E-state index in [1.165, 1.54) is 0 Å². The number of rotatable bonds is 6. The maximum atomic E-state index is 5.72. The summed E-state index contributed by atoms with van der Waals surface area (Å²) in [6.07, 6.45) is 0. The van der Waals surface area contributed by atoms with Crippen LogP contribution in [0.15, 0.2) is 34.7 Å². The summed E-state index contributed by atoms with van der Waals surface area (Å²) in [5.74, 6) is 3.16. The molecule has 4 nitrogen and oxygen atoms in total. The van der Waals surface area contributed by atoms with Crippen molar-refractivity contribution < 1.29 is 13.9 Å². The van der Waals surface area contributed by atoms with Crippen LogP contribution in [0.4, 0.5) is 0 Å². The van der Waals surface area contributed by atoms with Crippen molar-refractivity contribution in [2.45, 2.75) is 20.1 Å². The molecule has 0 fully saturated rings. The zero-order valence-corrected chi connectivity index (χ0v) is 11.5. The van der Waals surface area contributed by atoms with E-state index in [0.717, 1.165) is 28.6 Å². The summed E-state index contributed by atoms with van der Waals surface area (Å²) in [6, 6.07) is 9.72. The molecule has 0 unspecified atom stereocenters. The molecule has 2 rings (SSSR count). The van der Waals surface area contributed by atoms with Crippen molar-refractivity contribution in [1.82, 2.24) is 5.32 Å². The van der Waals surface area contributed by atoms with E-state index in [0.29, 0.717) is 13.2 Å². The third kappa shape index (κ3) is 3.51. The molecule has 0 aliphatic rings. The van der Waals surface area contributed by atoms with E-state index in [9.17, 15) is 0 Å². The van der Waals surface area contributed by atoms with Gasteiger partial charge in [-0.2, -0.15) is 0 Å². The smallest absolute Gasteiger partial charge is 0.161 e. The zero-order chi connectivity index (χ0) is 13.7. The van der Waals surface area contributed by atoms with Gasteiger partial charge in [0.25, 0.3) is 0 Å². The Bertz CT molecular complexity index is 534. The van der Waals surface area contributed by atoms with Gasteiger partial charge < -0.3 is 19.2 Å². The van der Waals surface area contributed by atoms with Crippen LogP contribution >= 0.6 is 0 Å². The number of furan rings is 1. The van der Waals surface area contributed by atoms with Gasteiger partial charge in [0.2, 0.25) is 0 Å². The zero-order valence-electron chi connectivity index (χ0n) is 11.5. The summed E-state index contributed by atoms with van der Waals surface area (Å²) in [7, 11) is 3.52. The van der Waals surface area contributed by atoms with Gasteiger partial charge in [-0.05, 0) is 43.8 Å². The molecule has 0 saturated heterocycles. The molecule has 2 aromatic rings. The fourth-order valence-electron chi connectivity index (χ4n) is 1.81. The number of hydrogen-bond acceptors (Lipinski definition) is 4. The first-order valence-corrected chi connectivity index (χ1v) is 6.22. The molecule has 0 spiro atoms. The first-order valence-electron chi connectivity index (χ1n) is 6.22. The Morgan fingerprint density at radius 2 is 1.89 bits per heavy atom. The van der Waals surface area contributed by atoms with Crippen LogP contribution in [0.3, 0.4) is 0 Å². The van der Waals surface area contributed by atoms with Crippen LogP contribution in [0.1, 0.15) is 17.1 Å². The Kier molecular flexibility index (Phi) is 4.47. The van der Waals surface area contributed by atoms with Gasteiger partial charge in [-0.3, -0.25) is 0 Å². The minimum absolute atomic E-state index is 0.392. The summed E-state index contributed by atoms with van der Waals surface area (Å²) < 4.78 is 16.6. The fraction of sp³-hybridized carbons (Fsp3) is 0.333. The Hall–Kier alpha value is -1.94. The van der Waals surface area contributed by atoms with Crippen LogP contribution in [0.5, 0.6) is 11.5 Å². The first-order chi connectivity index (χ1) is 9.22. The number of methoxy groups -OCH3 is 1. The topological polar surface area (TPSA) is 43.6 Å². The molecule has 0 bridgehead atoms. The van der Waals surface area contributed by atoms with Crippen LogP contribution in [-0.2, 0) is 13.2 Å². The van der Waals surface area contributed by atoms with E-state index in [1.54, 1.807) is 7.11 Å². The normalized spacial score (nSPS) is 10.5. The van der Waals surface area contributed by atoms with E-state index >= 15 is 0 Å². The van der Waals surface area contributed by atoms with Gasteiger partial charge in [-0.1, -0.05) is 6.07 Å². The molecule has 1 aromatic carbocycles. The van der Waals surface area contributed by atoms with Crippen molar-refractivity contribution in [1.29, 1.82) is 0 Å². The van der Waals surface area contributed by atoms with E-state index < -0.39 is 0 Å². The maximum Gasteiger partial charge on any atom is 0.161 e. The maximum absolute atomic E-state index is 5.72. The Labute approximate surface area is 113 Å². The highest BCUT2D eigenvalue weighted by atomic mass is 16.5. The Balaban J connectivity index is 2.01. The lowest BCUT2D eigenvalue weighted by Crippen LogP contribution is -2.03. The summed E-state index contributed by atoms with van der Waals surface area (Å²) in [4.78, 5) is 0. The van der Waals surface area contributed by atoms with Crippen LogP contribution in [0.2, 0.25) is 0 Å². The summed E-state index contributed by atoms with van der Waals surface area (Å²) in [5.41, 5.74) is 1.14. The highest BCUT2D eigenvalue weighted by Crippen LogP contribution is 2.28. The molecule has 19 heavy (non-hydrogen) atoms. The summed E-state index contributed by atoms with van der Waals surface area (Å²) >= 11 is 0. The molecular weight excluding hydrogens is 242 g/mol. The number of ether oxygens (including phenoxy) is 2. The van der Waals surface area contributed by atoms with Crippen molar-refractivity contribution in [2.24, 2.45) is 0 Å². The van der Waals surface area contributed by atoms with Gasteiger partial charge in [0.05, 0.1) is 13.7 Å². The molecular formula is C15H19NO3. The van der Waals surface area contributed by atoms with Crippen molar-refractivity contribution in [3.8, 4) is 11.5 Å². The molecule has 0 aliphatic heterocycles. The van der Waals surface area contributed by atoms with Gasteiger partial charge in [0.1, 0.15) is 18.1 Å². The standard InChI is InChI=1S/C15H19NO3/c1-11-4-7-14(15(8-11)17-3)18-10-13-6-5-12(19-13)9-16-2/h4-8,16H,9-10H2,1-3H3. The molecule has 0 atom stereocenters. The monoisotopic (exact) mass is 261 g/mol. The third-order valence-corrected chi connectivity index (χ3v) is 2.76. The van der Waals surface area contributed by atoms with Crippen LogP contribution in [-0.4, -0.2) is 14.2 Å². The highest BCUT2D eigenvalue weighted by molar-refractivity contribution is 5.42. The third-order valence-electron chi connectivity index (χ3n) is 2.76. The van der Waals surface area contributed by atoms with Gasteiger partial charge in [0.15, 0.2) is 11.5 Å². The fourth-order valence-corrected chi connectivity index (χ4v) is 1.81. The highest BCUT2D eigenvalue weighted by Gasteiger charge is 2.07. The second kappa shape index (κ2) is 6.29. The van der Waals surface area contributed by atoms with Crippen molar-refractivity contribution in [3.05, 3.63) is 47.4 Å². The number of hydrogen-bond donors (Lipinski definition) is 1.